The fourth-order valence-electron chi connectivity index (χ4n) is 1.44. The predicted octanol–water partition coefficient (Wildman–Crippen LogP) is 4.48. The summed E-state index contributed by atoms with van der Waals surface area (Å²) in [5.41, 5.74) is 0.515. The number of carbonyl (C=O) groups is 1. The first-order valence-corrected chi connectivity index (χ1v) is 6.81. The number of rotatable bonds is 4. The first-order chi connectivity index (χ1) is 8.70. The predicted molar refractivity (Wildman–Crippen MR) is 74.4 cm³/mol. The van der Waals surface area contributed by atoms with E-state index in [1.54, 1.807) is 12.3 Å². The molecule has 4 heteroatoms. The summed E-state index contributed by atoms with van der Waals surface area (Å²) in [6.07, 6.45) is 2.18. The molecule has 0 aliphatic carbocycles. The minimum absolute atomic E-state index is 0.0595. The highest BCUT2D eigenvalue weighted by atomic mass is 35.5. The van der Waals surface area contributed by atoms with Crippen molar-refractivity contribution in [1.29, 1.82) is 0 Å². The highest BCUT2D eigenvalue weighted by molar-refractivity contribution is 7.99. The molecule has 0 unspecified atom stereocenters. The van der Waals surface area contributed by atoms with Gasteiger partial charge in [0.05, 0.1) is 5.02 Å². The number of nitrogens with zero attached hydrogens (tertiary/aromatic N) is 1. The first-order valence-electron chi connectivity index (χ1n) is 5.62. The molecule has 0 atom stereocenters. The van der Waals surface area contributed by atoms with Crippen molar-refractivity contribution in [3.63, 3.8) is 0 Å². The Kier molecular flexibility index (Phi) is 4.39. The van der Waals surface area contributed by atoms with Crippen LogP contribution in [0, 0.1) is 0 Å². The Morgan fingerprint density at radius 3 is 2.67 bits per heavy atom. The summed E-state index contributed by atoms with van der Waals surface area (Å²) in [6, 6.07) is 11.3. The van der Waals surface area contributed by atoms with Gasteiger partial charge in [-0.3, -0.25) is 9.78 Å². The molecule has 2 aromatic rings. The van der Waals surface area contributed by atoms with Crippen molar-refractivity contribution in [3.8, 4) is 0 Å². The average Bonchev–Trinajstić information content (AvgIpc) is 2.41. The van der Waals surface area contributed by atoms with E-state index in [2.05, 4.69) is 4.98 Å². The van der Waals surface area contributed by atoms with Crippen LogP contribution in [0.2, 0.25) is 5.02 Å². The fraction of sp³-hybridized carbons (Fsp3) is 0.143. The van der Waals surface area contributed by atoms with Crippen LogP contribution >= 0.6 is 23.4 Å². The number of ketones is 1. The second kappa shape index (κ2) is 6.03. The molecular weight excluding hydrogens is 266 g/mol. The maximum atomic E-state index is 11.4. The zero-order chi connectivity index (χ0) is 13.0. The Morgan fingerprint density at radius 1 is 1.28 bits per heavy atom. The molecule has 0 radical (unpaired) electrons. The smallest absolute Gasteiger partial charge is 0.180 e. The van der Waals surface area contributed by atoms with Gasteiger partial charge in [0.2, 0.25) is 0 Å². The molecule has 0 amide bonds. The van der Waals surface area contributed by atoms with E-state index in [0.29, 0.717) is 12.1 Å². The maximum absolute atomic E-state index is 11.4. The van der Waals surface area contributed by atoms with Gasteiger partial charge in [-0.2, -0.15) is 0 Å². The number of Topliss-reactive ketones (excluding diaryl/α,β-unsaturated/α-hetero) is 1. The standard InChI is InChI=1S/C14H12ClNOS/c1-2-13(17)12-8-7-10(9-16-12)18-14-6-4-3-5-11(14)15/h3-9H,2H2,1H3. The van der Waals surface area contributed by atoms with E-state index < -0.39 is 0 Å². The Morgan fingerprint density at radius 2 is 2.06 bits per heavy atom. The Bertz CT molecular complexity index is 554. The summed E-state index contributed by atoms with van der Waals surface area (Å²) >= 11 is 7.62. The van der Waals surface area contributed by atoms with Gasteiger partial charge < -0.3 is 0 Å². The van der Waals surface area contributed by atoms with E-state index in [-0.39, 0.29) is 5.78 Å². The van der Waals surface area contributed by atoms with E-state index in [9.17, 15) is 4.79 Å². The second-order valence-electron chi connectivity index (χ2n) is 3.69. The van der Waals surface area contributed by atoms with Crippen molar-refractivity contribution in [1.82, 2.24) is 4.98 Å². The summed E-state index contributed by atoms with van der Waals surface area (Å²) in [4.78, 5) is 17.6. The fourth-order valence-corrected chi connectivity index (χ4v) is 2.50. The summed E-state index contributed by atoms with van der Waals surface area (Å²) in [7, 11) is 0. The van der Waals surface area contributed by atoms with Crippen molar-refractivity contribution in [3.05, 3.63) is 53.3 Å². The molecule has 1 aromatic carbocycles. The third-order valence-corrected chi connectivity index (χ3v) is 3.90. The average molecular weight is 278 g/mol. The monoisotopic (exact) mass is 277 g/mol. The molecule has 0 saturated carbocycles. The molecule has 1 aromatic heterocycles. The lowest BCUT2D eigenvalue weighted by Gasteiger charge is -2.04. The molecule has 0 aliphatic rings. The lowest BCUT2D eigenvalue weighted by atomic mass is 10.2. The van der Waals surface area contributed by atoms with Gasteiger partial charge in [-0.25, -0.2) is 0 Å². The van der Waals surface area contributed by atoms with Gasteiger partial charge in [0.25, 0.3) is 0 Å². The summed E-state index contributed by atoms with van der Waals surface area (Å²) in [6.45, 7) is 1.83. The topological polar surface area (TPSA) is 30.0 Å². The molecule has 0 fully saturated rings. The van der Waals surface area contributed by atoms with Gasteiger partial charge in [0, 0.05) is 22.4 Å². The van der Waals surface area contributed by atoms with Crippen molar-refractivity contribution in [2.24, 2.45) is 0 Å². The molecule has 0 N–H and O–H groups in total. The molecule has 0 saturated heterocycles. The lowest BCUT2D eigenvalue weighted by Crippen LogP contribution is -1.99. The van der Waals surface area contributed by atoms with Crippen LogP contribution in [0.25, 0.3) is 0 Å². The van der Waals surface area contributed by atoms with Gasteiger partial charge in [-0.05, 0) is 24.3 Å². The van der Waals surface area contributed by atoms with E-state index >= 15 is 0 Å². The molecule has 18 heavy (non-hydrogen) atoms. The van der Waals surface area contributed by atoms with Crippen LogP contribution in [0.15, 0.2) is 52.4 Å². The number of halogens is 1. The van der Waals surface area contributed by atoms with Crippen LogP contribution in [-0.2, 0) is 0 Å². The van der Waals surface area contributed by atoms with E-state index in [1.165, 1.54) is 11.8 Å². The normalized spacial score (nSPS) is 10.3. The van der Waals surface area contributed by atoms with Crippen molar-refractivity contribution in [2.45, 2.75) is 23.1 Å². The molecule has 1 heterocycles. The SMILES string of the molecule is CCC(=O)c1ccc(Sc2ccccc2Cl)cn1. The number of carbonyl (C=O) groups excluding carboxylic acids is 1. The molecule has 2 rings (SSSR count). The van der Waals surface area contributed by atoms with Crippen molar-refractivity contribution in [2.75, 3.05) is 0 Å². The van der Waals surface area contributed by atoms with Crippen molar-refractivity contribution < 1.29 is 4.79 Å². The Hall–Kier alpha value is -1.32. The molecule has 0 bridgehead atoms. The quantitative estimate of drug-likeness (QED) is 0.772. The third-order valence-electron chi connectivity index (χ3n) is 2.41. The van der Waals surface area contributed by atoms with E-state index in [0.717, 1.165) is 14.8 Å². The first kappa shape index (κ1) is 13.1. The minimum atomic E-state index is 0.0595. The van der Waals surface area contributed by atoms with Crippen LogP contribution in [0.3, 0.4) is 0 Å². The summed E-state index contributed by atoms with van der Waals surface area (Å²) in [5, 5.41) is 0.719. The molecule has 0 aliphatic heterocycles. The van der Waals surface area contributed by atoms with Gasteiger partial charge in [0.15, 0.2) is 5.78 Å². The van der Waals surface area contributed by atoms with E-state index in [1.807, 2.05) is 37.3 Å². The Labute approximate surface area is 115 Å². The summed E-state index contributed by atoms with van der Waals surface area (Å²) in [5.74, 6) is 0.0595. The highest BCUT2D eigenvalue weighted by Crippen LogP contribution is 2.32. The molecule has 2 nitrogen and oxygen atoms in total. The minimum Gasteiger partial charge on any atom is -0.292 e. The van der Waals surface area contributed by atoms with Crippen LogP contribution < -0.4 is 0 Å². The van der Waals surface area contributed by atoms with Crippen LogP contribution in [0.4, 0.5) is 0 Å². The zero-order valence-electron chi connectivity index (χ0n) is 9.89. The van der Waals surface area contributed by atoms with Gasteiger partial charge in [-0.15, -0.1) is 0 Å². The van der Waals surface area contributed by atoms with Crippen LogP contribution in [-0.4, -0.2) is 10.8 Å². The summed E-state index contributed by atoms with van der Waals surface area (Å²) < 4.78 is 0. The highest BCUT2D eigenvalue weighted by Gasteiger charge is 2.06. The van der Waals surface area contributed by atoms with Gasteiger partial charge >= 0.3 is 0 Å². The second-order valence-corrected chi connectivity index (χ2v) is 5.21. The lowest BCUT2D eigenvalue weighted by molar-refractivity contribution is 0.0983. The van der Waals surface area contributed by atoms with E-state index in [4.69, 9.17) is 11.6 Å². The zero-order valence-corrected chi connectivity index (χ0v) is 11.5. The van der Waals surface area contributed by atoms with Gasteiger partial charge in [-0.1, -0.05) is 42.4 Å². The third kappa shape index (κ3) is 3.12. The maximum Gasteiger partial charge on any atom is 0.180 e. The molecule has 0 spiro atoms. The van der Waals surface area contributed by atoms with Crippen LogP contribution in [0.1, 0.15) is 23.8 Å². The number of pyridine rings is 1. The number of hydrogen-bond acceptors (Lipinski definition) is 3. The number of benzene rings is 1. The number of aromatic nitrogens is 1. The van der Waals surface area contributed by atoms with Crippen LogP contribution in [0.5, 0.6) is 0 Å². The largest absolute Gasteiger partial charge is 0.292 e. The molecular formula is C14H12ClNOS. The molecule has 92 valence electrons. The Balaban J connectivity index is 2.16. The van der Waals surface area contributed by atoms with Crippen molar-refractivity contribution >= 4 is 29.1 Å². The van der Waals surface area contributed by atoms with Gasteiger partial charge in [0.1, 0.15) is 5.69 Å². The number of hydrogen-bond donors (Lipinski definition) is 0.